The molecule has 0 aliphatic carbocycles. The largest absolute Gasteiger partial charge is 0.439 e. The Hall–Kier alpha value is -4.30. The summed E-state index contributed by atoms with van der Waals surface area (Å²) in [6.45, 7) is 6.46. The molecule has 4 N–H and O–H groups in total. The van der Waals surface area contributed by atoms with Crippen LogP contribution in [-0.2, 0) is 27.8 Å². The van der Waals surface area contributed by atoms with Crippen molar-refractivity contribution in [2.45, 2.75) is 58.5 Å². The van der Waals surface area contributed by atoms with Crippen molar-refractivity contribution in [1.29, 1.82) is 0 Å². The van der Waals surface area contributed by atoms with E-state index in [9.17, 15) is 26.8 Å². The zero-order valence-corrected chi connectivity index (χ0v) is 27.0. The number of unbranched alkanes of at least 4 members (excludes halogenated alkanes) is 1. The Bertz CT molecular complexity index is 1650. The van der Waals surface area contributed by atoms with E-state index in [2.05, 4.69) is 19.9 Å². The molecule has 46 heavy (non-hydrogen) atoms. The molecule has 14 heteroatoms. The number of hydrogen-bond acceptors (Lipinski definition) is 7. The number of nitrogens with two attached hydrogens (primary N) is 1. The molecule has 1 fully saturated rings. The van der Waals surface area contributed by atoms with E-state index in [0.29, 0.717) is 49.3 Å². The van der Waals surface area contributed by atoms with Gasteiger partial charge >= 0.3 is 6.03 Å². The number of amides is 3. The van der Waals surface area contributed by atoms with Gasteiger partial charge in [-0.1, -0.05) is 19.4 Å². The van der Waals surface area contributed by atoms with E-state index in [0.717, 1.165) is 49.4 Å². The summed E-state index contributed by atoms with van der Waals surface area (Å²) in [7, 11) is -3.38. The van der Waals surface area contributed by atoms with Crippen LogP contribution in [0, 0.1) is 18.6 Å². The van der Waals surface area contributed by atoms with E-state index in [1.807, 2.05) is 19.9 Å². The molecule has 4 rings (SSSR count). The minimum atomic E-state index is -3.38. The molecule has 2 aromatic carbocycles. The Morgan fingerprint density at radius 1 is 1.11 bits per heavy atom. The van der Waals surface area contributed by atoms with Gasteiger partial charge in [-0.3, -0.25) is 14.4 Å². The number of carbonyl (C=O) groups excluding carboxylic acids is 2. The van der Waals surface area contributed by atoms with Crippen LogP contribution in [0.5, 0.6) is 11.6 Å². The third-order valence-electron chi connectivity index (χ3n) is 7.65. The van der Waals surface area contributed by atoms with Crippen LogP contribution in [-0.4, -0.2) is 67.1 Å². The lowest BCUT2D eigenvalue weighted by molar-refractivity contribution is -0.117. The maximum absolute atomic E-state index is 14.5. The SMILES string of the molecule is CCCCN(C(=O)Nc1cc(CC(N)=O)c(F)cc1F)C1CCN(Cc2ccc(Oc3ccc(NS(C)(=O)=O)cc3C)nc2)CC1. The number of primary amides is 1. The number of aryl methyl sites for hydroxylation is 1. The first-order valence-electron chi connectivity index (χ1n) is 15.1. The molecule has 0 atom stereocenters. The van der Waals surface area contributed by atoms with E-state index in [1.54, 1.807) is 35.4 Å². The number of nitrogens with one attached hydrogen (secondary N) is 2. The van der Waals surface area contributed by atoms with Crippen LogP contribution in [0.1, 0.15) is 49.3 Å². The average molecular weight is 659 g/mol. The van der Waals surface area contributed by atoms with Crippen molar-refractivity contribution in [2.75, 3.05) is 35.9 Å². The smallest absolute Gasteiger partial charge is 0.322 e. The van der Waals surface area contributed by atoms with Gasteiger partial charge in [0.2, 0.25) is 21.8 Å². The molecule has 1 aliphatic heterocycles. The van der Waals surface area contributed by atoms with Gasteiger partial charge in [0, 0.05) is 56.2 Å². The second-order valence-electron chi connectivity index (χ2n) is 11.5. The number of benzene rings is 2. The summed E-state index contributed by atoms with van der Waals surface area (Å²) in [6, 6.07) is 9.95. The van der Waals surface area contributed by atoms with E-state index in [-0.39, 0.29) is 17.3 Å². The number of pyridine rings is 1. The summed E-state index contributed by atoms with van der Waals surface area (Å²) in [5.41, 5.74) is 7.09. The van der Waals surface area contributed by atoms with Crippen molar-refractivity contribution >= 4 is 33.3 Å². The van der Waals surface area contributed by atoms with Gasteiger partial charge in [-0.2, -0.15) is 0 Å². The molecule has 3 aromatic rings. The number of rotatable bonds is 13. The lowest BCUT2D eigenvalue weighted by Crippen LogP contribution is -2.49. The van der Waals surface area contributed by atoms with E-state index >= 15 is 0 Å². The van der Waals surface area contributed by atoms with Gasteiger partial charge in [-0.15, -0.1) is 0 Å². The van der Waals surface area contributed by atoms with Crippen LogP contribution in [0.25, 0.3) is 0 Å². The van der Waals surface area contributed by atoms with Crippen molar-refractivity contribution in [3.05, 3.63) is 77.0 Å². The van der Waals surface area contributed by atoms with Gasteiger partial charge in [0.15, 0.2) is 0 Å². The first-order valence-corrected chi connectivity index (χ1v) is 17.0. The molecule has 0 saturated carbocycles. The zero-order valence-electron chi connectivity index (χ0n) is 26.2. The number of sulfonamides is 1. The van der Waals surface area contributed by atoms with E-state index < -0.39 is 40.0 Å². The monoisotopic (exact) mass is 658 g/mol. The molecule has 1 aromatic heterocycles. The molecule has 0 spiro atoms. The number of halogens is 2. The summed E-state index contributed by atoms with van der Waals surface area (Å²) < 4.78 is 59.9. The number of urea groups is 1. The number of aromatic nitrogens is 1. The molecular weight excluding hydrogens is 618 g/mol. The van der Waals surface area contributed by atoms with Crippen molar-refractivity contribution < 1.29 is 31.5 Å². The van der Waals surface area contributed by atoms with Crippen molar-refractivity contribution in [3.8, 4) is 11.6 Å². The number of likely N-dealkylation sites (tertiary alicyclic amines) is 1. The van der Waals surface area contributed by atoms with Crippen LogP contribution < -0.4 is 20.5 Å². The molecular formula is C32H40F2N6O5S. The van der Waals surface area contributed by atoms with Crippen LogP contribution >= 0.6 is 0 Å². The number of ether oxygens (including phenoxy) is 1. The quantitative estimate of drug-likeness (QED) is 0.230. The highest BCUT2D eigenvalue weighted by atomic mass is 32.2. The van der Waals surface area contributed by atoms with Crippen LogP contribution in [0.4, 0.5) is 25.0 Å². The Kier molecular flexibility index (Phi) is 11.5. The lowest BCUT2D eigenvalue weighted by Gasteiger charge is -2.38. The maximum atomic E-state index is 14.5. The minimum absolute atomic E-state index is 0.0624. The fraction of sp³-hybridized carbons (Fsp3) is 0.406. The van der Waals surface area contributed by atoms with Crippen LogP contribution in [0.3, 0.4) is 0 Å². The predicted molar refractivity (Wildman–Crippen MR) is 172 cm³/mol. The second kappa shape index (κ2) is 15.3. The van der Waals surface area contributed by atoms with Gasteiger partial charge in [-0.05, 0) is 67.1 Å². The number of anilines is 2. The molecule has 0 unspecified atom stereocenters. The fourth-order valence-electron chi connectivity index (χ4n) is 5.34. The number of hydrogen-bond donors (Lipinski definition) is 3. The summed E-state index contributed by atoms with van der Waals surface area (Å²) >= 11 is 0. The van der Waals surface area contributed by atoms with Crippen molar-refractivity contribution in [2.24, 2.45) is 5.73 Å². The second-order valence-corrected chi connectivity index (χ2v) is 13.3. The molecule has 1 aliphatic rings. The van der Waals surface area contributed by atoms with Gasteiger partial charge in [0.1, 0.15) is 17.4 Å². The van der Waals surface area contributed by atoms with Crippen LogP contribution in [0.2, 0.25) is 0 Å². The van der Waals surface area contributed by atoms with Gasteiger partial charge in [0.25, 0.3) is 0 Å². The summed E-state index contributed by atoms with van der Waals surface area (Å²) in [5, 5.41) is 2.58. The predicted octanol–water partition coefficient (Wildman–Crippen LogP) is 5.16. The van der Waals surface area contributed by atoms with Crippen molar-refractivity contribution in [3.63, 3.8) is 0 Å². The minimum Gasteiger partial charge on any atom is -0.439 e. The van der Waals surface area contributed by atoms with E-state index in [4.69, 9.17) is 10.5 Å². The molecule has 11 nitrogen and oxygen atoms in total. The fourth-order valence-corrected chi connectivity index (χ4v) is 5.90. The molecule has 2 heterocycles. The zero-order chi connectivity index (χ0) is 33.4. The number of nitrogens with zero attached hydrogens (tertiary/aromatic N) is 3. The standard InChI is InChI=1S/C32H40F2N6O5S/c1-4-5-12-40(32(42)37-28-16-23(17-30(35)41)26(33)18-27(28)34)25-10-13-39(14-11-25)20-22-6-9-31(36-19-22)45-29-8-7-24(15-21(29)2)38-46(3,43)44/h6-9,15-16,18-19,25,38H,4-5,10-14,17,20H2,1-3H3,(H2,35,41)(H,37,42). The van der Waals surface area contributed by atoms with Crippen molar-refractivity contribution in [1.82, 2.24) is 14.8 Å². The summed E-state index contributed by atoms with van der Waals surface area (Å²) in [4.78, 5) is 33.0. The molecule has 248 valence electrons. The Labute approximate surface area is 268 Å². The summed E-state index contributed by atoms with van der Waals surface area (Å²) in [6.07, 6.45) is 5.51. The number of carbonyl (C=O) groups is 2. The molecule has 0 bridgehead atoms. The van der Waals surface area contributed by atoms with E-state index in [1.165, 1.54) is 0 Å². The highest BCUT2D eigenvalue weighted by Crippen LogP contribution is 2.28. The van der Waals surface area contributed by atoms with Gasteiger partial charge in [-0.25, -0.2) is 27.0 Å². The van der Waals surface area contributed by atoms with Gasteiger partial charge < -0.3 is 20.7 Å². The Morgan fingerprint density at radius 3 is 2.46 bits per heavy atom. The first kappa shape index (κ1) is 34.6. The molecule has 0 radical (unpaired) electrons. The Balaban J connectivity index is 1.33. The lowest BCUT2D eigenvalue weighted by atomic mass is 10.0. The topological polar surface area (TPSA) is 147 Å². The maximum Gasteiger partial charge on any atom is 0.322 e. The highest BCUT2D eigenvalue weighted by molar-refractivity contribution is 7.92. The molecule has 3 amide bonds. The third kappa shape index (κ3) is 9.85. The van der Waals surface area contributed by atoms with Gasteiger partial charge in [0.05, 0.1) is 18.4 Å². The Morgan fingerprint density at radius 2 is 1.85 bits per heavy atom. The normalized spacial score (nSPS) is 14.1. The first-order chi connectivity index (χ1) is 21.8. The average Bonchev–Trinajstić information content (AvgIpc) is 2.98. The summed E-state index contributed by atoms with van der Waals surface area (Å²) in [5.74, 6) is -1.61. The third-order valence-corrected chi connectivity index (χ3v) is 8.26. The highest BCUT2D eigenvalue weighted by Gasteiger charge is 2.28. The number of piperidine rings is 1. The molecule has 1 saturated heterocycles. The van der Waals surface area contributed by atoms with Crippen LogP contribution in [0.15, 0.2) is 48.7 Å².